The molecule has 2 rings (SSSR count). The van der Waals surface area contributed by atoms with E-state index in [9.17, 15) is 13.2 Å². The maximum Gasteiger partial charge on any atom is 0.223 e. The zero-order valence-electron chi connectivity index (χ0n) is 14.1. The standard InChI is InChI=1S/C16H30N2O4S/c1-23(20,21)18-11-8-14(9-12-18)16(19)17-10-5-13-22-15-6-3-2-4-7-15/h14-15H,2-13H2,1H3,(H,17,19). The van der Waals surface area contributed by atoms with Crippen molar-refractivity contribution < 1.29 is 17.9 Å². The van der Waals surface area contributed by atoms with E-state index in [2.05, 4.69) is 5.32 Å². The van der Waals surface area contributed by atoms with Crippen molar-refractivity contribution in [2.24, 2.45) is 5.92 Å². The Labute approximate surface area is 140 Å². The lowest BCUT2D eigenvalue weighted by molar-refractivity contribution is -0.126. The summed E-state index contributed by atoms with van der Waals surface area (Å²) in [5.41, 5.74) is 0. The van der Waals surface area contributed by atoms with Crippen LogP contribution in [0.4, 0.5) is 0 Å². The number of carbonyl (C=O) groups excluding carboxylic acids is 1. The Kier molecular flexibility index (Phi) is 7.30. The zero-order chi connectivity index (χ0) is 16.7. The van der Waals surface area contributed by atoms with Crippen LogP contribution in [0.15, 0.2) is 0 Å². The first kappa shape index (κ1) is 18.7. The third-order valence-corrected chi connectivity index (χ3v) is 6.12. The molecule has 1 aliphatic carbocycles. The topological polar surface area (TPSA) is 75.7 Å². The number of carbonyl (C=O) groups is 1. The molecule has 2 fully saturated rings. The van der Waals surface area contributed by atoms with Crippen LogP contribution in [0.3, 0.4) is 0 Å². The molecule has 134 valence electrons. The van der Waals surface area contributed by atoms with Gasteiger partial charge in [-0.05, 0) is 32.1 Å². The summed E-state index contributed by atoms with van der Waals surface area (Å²) in [6, 6.07) is 0. The fraction of sp³-hybridized carbons (Fsp3) is 0.938. The number of sulfonamides is 1. The molecule has 6 nitrogen and oxygen atoms in total. The van der Waals surface area contributed by atoms with Crippen LogP contribution < -0.4 is 5.32 Å². The summed E-state index contributed by atoms with van der Waals surface area (Å²) in [7, 11) is -3.13. The highest BCUT2D eigenvalue weighted by Crippen LogP contribution is 2.20. The Morgan fingerprint density at radius 3 is 2.39 bits per heavy atom. The van der Waals surface area contributed by atoms with Gasteiger partial charge in [-0.2, -0.15) is 0 Å². The number of amides is 1. The number of piperidine rings is 1. The third kappa shape index (κ3) is 6.39. The second kappa shape index (κ2) is 8.99. The van der Waals surface area contributed by atoms with Crippen molar-refractivity contribution in [3.63, 3.8) is 0 Å². The van der Waals surface area contributed by atoms with Gasteiger partial charge >= 0.3 is 0 Å². The normalized spacial score (nSPS) is 22.1. The quantitative estimate of drug-likeness (QED) is 0.709. The molecule has 1 saturated heterocycles. The first-order valence-electron chi connectivity index (χ1n) is 8.81. The number of hydrogen-bond acceptors (Lipinski definition) is 4. The van der Waals surface area contributed by atoms with Gasteiger partial charge in [0.05, 0.1) is 12.4 Å². The van der Waals surface area contributed by atoms with E-state index in [0.717, 1.165) is 6.42 Å². The van der Waals surface area contributed by atoms with Crippen LogP contribution in [0.1, 0.15) is 51.4 Å². The van der Waals surface area contributed by atoms with E-state index < -0.39 is 10.0 Å². The SMILES string of the molecule is CS(=O)(=O)N1CCC(C(=O)NCCCOC2CCCCC2)CC1. The summed E-state index contributed by atoms with van der Waals surface area (Å²) in [4.78, 5) is 12.1. The zero-order valence-corrected chi connectivity index (χ0v) is 14.9. The van der Waals surface area contributed by atoms with Crippen molar-refractivity contribution >= 4 is 15.9 Å². The van der Waals surface area contributed by atoms with Crippen LogP contribution in [-0.2, 0) is 19.6 Å². The fourth-order valence-electron chi connectivity index (χ4n) is 3.36. The van der Waals surface area contributed by atoms with Gasteiger partial charge in [0.15, 0.2) is 0 Å². The predicted molar refractivity (Wildman–Crippen MR) is 89.6 cm³/mol. The molecule has 0 radical (unpaired) electrons. The van der Waals surface area contributed by atoms with E-state index in [4.69, 9.17) is 4.74 Å². The number of nitrogens with one attached hydrogen (secondary N) is 1. The molecule has 1 amide bonds. The van der Waals surface area contributed by atoms with Gasteiger partial charge in [-0.1, -0.05) is 19.3 Å². The van der Waals surface area contributed by atoms with Crippen LogP contribution in [0, 0.1) is 5.92 Å². The highest BCUT2D eigenvalue weighted by molar-refractivity contribution is 7.88. The summed E-state index contributed by atoms with van der Waals surface area (Å²) in [6.07, 6.45) is 9.91. The van der Waals surface area contributed by atoms with Crippen molar-refractivity contribution in [2.45, 2.75) is 57.5 Å². The molecule has 0 unspecified atom stereocenters. The predicted octanol–water partition coefficient (Wildman–Crippen LogP) is 1.51. The van der Waals surface area contributed by atoms with Crippen LogP contribution in [0.25, 0.3) is 0 Å². The first-order chi connectivity index (χ1) is 11.0. The van der Waals surface area contributed by atoms with Crippen molar-refractivity contribution in [1.82, 2.24) is 9.62 Å². The molecule has 1 heterocycles. The van der Waals surface area contributed by atoms with Crippen molar-refractivity contribution in [3.8, 4) is 0 Å². The van der Waals surface area contributed by atoms with Crippen LogP contribution in [0.5, 0.6) is 0 Å². The lowest BCUT2D eigenvalue weighted by Crippen LogP contribution is -2.42. The van der Waals surface area contributed by atoms with Gasteiger partial charge in [-0.3, -0.25) is 4.79 Å². The molecule has 1 aliphatic heterocycles. The molecule has 0 bridgehead atoms. The molecular formula is C16H30N2O4S. The lowest BCUT2D eigenvalue weighted by Gasteiger charge is -2.29. The smallest absolute Gasteiger partial charge is 0.223 e. The van der Waals surface area contributed by atoms with Gasteiger partial charge in [0, 0.05) is 32.2 Å². The third-order valence-electron chi connectivity index (χ3n) is 4.82. The van der Waals surface area contributed by atoms with Gasteiger partial charge in [0.2, 0.25) is 15.9 Å². The Hall–Kier alpha value is -0.660. The van der Waals surface area contributed by atoms with Gasteiger partial charge in [0.1, 0.15) is 0 Å². The van der Waals surface area contributed by atoms with Gasteiger partial charge in [-0.15, -0.1) is 0 Å². The summed E-state index contributed by atoms with van der Waals surface area (Å²) < 4.78 is 30.2. The second-order valence-electron chi connectivity index (χ2n) is 6.71. The number of hydrogen-bond donors (Lipinski definition) is 1. The Balaban J connectivity index is 1.55. The van der Waals surface area contributed by atoms with Crippen molar-refractivity contribution in [2.75, 3.05) is 32.5 Å². The molecule has 0 spiro atoms. The van der Waals surface area contributed by atoms with Crippen LogP contribution in [0.2, 0.25) is 0 Å². The van der Waals surface area contributed by atoms with E-state index in [1.165, 1.54) is 42.7 Å². The molecular weight excluding hydrogens is 316 g/mol. The van der Waals surface area contributed by atoms with E-state index >= 15 is 0 Å². The monoisotopic (exact) mass is 346 g/mol. The van der Waals surface area contributed by atoms with Crippen molar-refractivity contribution in [3.05, 3.63) is 0 Å². The Morgan fingerprint density at radius 1 is 1.13 bits per heavy atom. The summed E-state index contributed by atoms with van der Waals surface area (Å²) in [5.74, 6) is -0.0110. The minimum absolute atomic E-state index is 0.0517. The number of nitrogens with zero attached hydrogens (tertiary/aromatic N) is 1. The molecule has 1 N–H and O–H groups in total. The highest BCUT2D eigenvalue weighted by Gasteiger charge is 2.28. The van der Waals surface area contributed by atoms with E-state index in [1.807, 2.05) is 0 Å². The molecule has 0 aromatic heterocycles. The average molecular weight is 346 g/mol. The molecule has 0 aromatic carbocycles. The molecule has 1 saturated carbocycles. The van der Waals surface area contributed by atoms with Gasteiger partial charge < -0.3 is 10.1 Å². The fourth-order valence-corrected chi connectivity index (χ4v) is 4.23. The van der Waals surface area contributed by atoms with E-state index in [-0.39, 0.29) is 11.8 Å². The molecule has 7 heteroatoms. The van der Waals surface area contributed by atoms with Gasteiger partial charge in [0.25, 0.3) is 0 Å². The Bertz CT molecular complexity index is 466. The lowest BCUT2D eigenvalue weighted by atomic mass is 9.97. The van der Waals surface area contributed by atoms with Crippen LogP contribution in [-0.4, -0.2) is 57.2 Å². The minimum atomic E-state index is -3.13. The van der Waals surface area contributed by atoms with Gasteiger partial charge in [-0.25, -0.2) is 12.7 Å². The first-order valence-corrected chi connectivity index (χ1v) is 10.7. The largest absolute Gasteiger partial charge is 0.378 e. The summed E-state index contributed by atoms with van der Waals surface area (Å²) in [6.45, 7) is 2.23. The minimum Gasteiger partial charge on any atom is -0.378 e. The summed E-state index contributed by atoms with van der Waals surface area (Å²) >= 11 is 0. The van der Waals surface area contributed by atoms with E-state index in [0.29, 0.717) is 45.2 Å². The molecule has 0 atom stereocenters. The average Bonchev–Trinajstić information content (AvgIpc) is 2.54. The number of rotatable bonds is 7. The molecule has 23 heavy (non-hydrogen) atoms. The van der Waals surface area contributed by atoms with E-state index in [1.54, 1.807) is 0 Å². The second-order valence-corrected chi connectivity index (χ2v) is 8.69. The molecule has 0 aromatic rings. The highest BCUT2D eigenvalue weighted by atomic mass is 32.2. The maximum absolute atomic E-state index is 12.1. The van der Waals surface area contributed by atoms with Crippen molar-refractivity contribution in [1.29, 1.82) is 0 Å². The summed E-state index contributed by atoms with van der Waals surface area (Å²) in [5, 5.41) is 2.96. The van der Waals surface area contributed by atoms with Crippen LogP contribution >= 0.6 is 0 Å². The Morgan fingerprint density at radius 2 is 1.78 bits per heavy atom. The number of ether oxygens (including phenoxy) is 1. The molecule has 2 aliphatic rings. The maximum atomic E-state index is 12.1.